The van der Waals surface area contributed by atoms with Gasteiger partial charge in [0.25, 0.3) is 0 Å². The molecule has 1 heterocycles. The number of nitrogens with one attached hydrogen (secondary N) is 1. The van der Waals surface area contributed by atoms with Crippen LogP contribution in [0.2, 0.25) is 0 Å². The molecule has 6 nitrogen and oxygen atoms in total. The Bertz CT molecular complexity index is 400. The normalized spacial score (nSPS) is 22.9. The lowest BCUT2D eigenvalue weighted by Gasteiger charge is -2.29. The van der Waals surface area contributed by atoms with Gasteiger partial charge in [0.2, 0.25) is 5.91 Å². The molecule has 0 aromatic carbocycles. The van der Waals surface area contributed by atoms with Crippen LogP contribution < -0.4 is 5.32 Å². The van der Waals surface area contributed by atoms with Gasteiger partial charge in [-0.1, -0.05) is 0 Å². The summed E-state index contributed by atoms with van der Waals surface area (Å²) in [6.07, 6.45) is 4.45. The summed E-state index contributed by atoms with van der Waals surface area (Å²) in [4.78, 5) is 13.9. The van der Waals surface area contributed by atoms with Crippen molar-refractivity contribution in [3.63, 3.8) is 0 Å². The first-order valence-electron chi connectivity index (χ1n) is 6.82. The van der Waals surface area contributed by atoms with Crippen molar-refractivity contribution < 1.29 is 19.0 Å². The highest BCUT2D eigenvalue weighted by molar-refractivity contribution is 5.78. The molecule has 0 radical (unpaired) electrons. The van der Waals surface area contributed by atoms with Crippen LogP contribution in [0.25, 0.3) is 0 Å². The van der Waals surface area contributed by atoms with Crippen molar-refractivity contribution in [3.05, 3.63) is 23.7 Å². The minimum Gasteiger partial charge on any atom is -0.501 e. The number of hydrogen-bond acceptors (Lipinski definition) is 5. The highest BCUT2D eigenvalue weighted by Gasteiger charge is 2.23. The van der Waals surface area contributed by atoms with Crippen LogP contribution in [0.3, 0.4) is 0 Å². The number of carbonyl (C=O) groups is 1. The fourth-order valence-corrected chi connectivity index (χ4v) is 2.33. The second-order valence-electron chi connectivity index (χ2n) is 4.74. The molecule has 0 spiro atoms. The molecule has 1 atom stereocenters. The van der Waals surface area contributed by atoms with Gasteiger partial charge in [0.05, 0.1) is 45.8 Å². The zero-order valence-electron chi connectivity index (χ0n) is 12.1. The maximum atomic E-state index is 12.1. The van der Waals surface area contributed by atoms with E-state index in [1.807, 2.05) is 17.1 Å². The van der Waals surface area contributed by atoms with Crippen LogP contribution in [0.5, 0.6) is 0 Å². The molecule has 2 aliphatic rings. The van der Waals surface area contributed by atoms with Gasteiger partial charge in [-0.2, -0.15) is 0 Å². The summed E-state index contributed by atoms with van der Waals surface area (Å²) in [5.74, 6) is 1.79. The van der Waals surface area contributed by atoms with Crippen molar-refractivity contribution in [2.24, 2.45) is 0 Å². The molecule has 0 saturated carbocycles. The lowest BCUT2D eigenvalue weighted by Crippen LogP contribution is -2.47. The Hall–Kier alpha value is -1.53. The highest BCUT2D eigenvalue weighted by Crippen LogP contribution is 2.19. The number of morpholine rings is 1. The molecule has 6 heteroatoms. The van der Waals surface area contributed by atoms with Crippen molar-refractivity contribution >= 4 is 5.91 Å². The minimum absolute atomic E-state index is 0.0232. The number of carbonyl (C=O) groups excluding carboxylic acids is 1. The second-order valence-corrected chi connectivity index (χ2v) is 4.74. The smallest absolute Gasteiger partial charge is 0.236 e. The van der Waals surface area contributed by atoms with Crippen LogP contribution in [-0.2, 0) is 19.0 Å². The molecule has 1 unspecified atom stereocenters. The number of nitrogens with zero attached hydrogens (tertiary/aromatic N) is 1. The molecule has 1 fully saturated rings. The number of rotatable bonds is 5. The third kappa shape index (κ3) is 3.74. The quantitative estimate of drug-likeness (QED) is 0.784. The van der Waals surface area contributed by atoms with Gasteiger partial charge in [0, 0.05) is 19.5 Å². The summed E-state index contributed by atoms with van der Waals surface area (Å²) in [5.41, 5.74) is 0. The summed E-state index contributed by atoms with van der Waals surface area (Å²) < 4.78 is 15.8. The first-order valence-corrected chi connectivity index (χ1v) is 6.82. The lowest BCUT2D eigenvalue weighted by molar-refractivity contribution is -0.134. The van der Waals surface area contributed by atoms with Gasteiger partial charge >= 0.3 is 0 Å². The van der Waals surface area contributed by atoms with Crippen molar-refractivity contribution in [3.8, 4) is 0 Å². The fraction of sp³-hybridized carbons (Fsp3) is 0.643. The Morgan fingerprint density at radius 2 is 2.10 bits per heavy atom. The summed E-state index contributed by atoms with van der Waals surface area (Å²) in [7, 11) is 3.28. The van der Waals surface area contributed by atoms with E-state index in [9.17, 15) is 4.79 Å². The van der Waals surface area contributed by atoms with Crippen LogP contribution in [0.1, 0.15) is 6.42 Å². The van der Waals surface area contributed by atoms with E-state index < -0.39 is 0 Å². The van der Waals surface area contributed by atoms with E-state index in [1.54, 1.807) is 14.2 Å². The molecular formula is C14H22N2O4. The van der Waals surface area contributed by atoms with Crippen molar-refractivity contribution in [1.82, 2.24) is 10.2 Å². The number of ether oxygens (including phenoxy) is 3. The highest BCUT2D eigenvalue weighted by atomic mass is 16.5. The van der Waals surface area contributed by atoms with E-state index in [1.165, 1.54) is 0 Å². The minimum atomic E-state index is -0.0232. The van der Waals surface area contributed by atoms with E-state index in [-0.39, 0.29) is 11.9 Å². The number of methoxy groups -OCH3 is 2. The van der Waals surface area contributed by atoms with Gasteiger partial charge in [0.1, 0.15) is 5.76 Å². The van der Waals surface area contributed by atoms with Crippen molar-refractivity contribution in [1.29, 1.82) is 0 Å². The molecule has 0 bridgehead atoms. The molecule has 0 aromatic heterocycles. The van der Waals surface area contributed by atoms with Gasteiger partial charge in [0.15, 0.2) is 0 Å². The van der Waals surface area contributed by atoms with Gasteiger partial charge < -0.3 is 19.1 Å². The standard InChI is InChI=1S/C14H22N2O4/c1-18-11-3-4-13(19-2)12(9-11)15-10-14(17)16-5-7-20-8-6-16/h3-4,12,15H,5-10H2,1-2H3. The molecule has 0 aromatic rings. The topological polar surface area (TPSA) is 60.0 Å². The third-order valence-corrected chi connectivity index (χ3v) is 3.54. The van der Waals surface area contributed by atoms with Gasteiger partial charge in [-0.25, -0.2) is 0 Å². The predicted octanol–water partition coefficient (Wildman–Crippen LogP) is 0.268. The predicted molar refractivity (Wildman–Crippen MR) is 74.0 cm³/mol. The molecule has 1 saturated heterocycles. The Morgan fingerprint density at radius 3 is 2.75 bits per heavy atom. The largest absolute Gasteiger partial charge is 0.501 e. The first-order chi connectivity index (χ1) is 9.74. The molecule has 2 rings (SSSR count). The Morgan fingerprint density at radius 1 is 1.35 bits per heavy atom. The first kappa shape index (κ1) is 14.9. The number of allylic oxidation sites excluding steroid dienone is 2. The van der Waals surface area contributed by atoms with E-state index in [2.05, 4.69) is 5.32 Å². The average molecular weight is 282 g/mol. The van der Waals surface area contributed by atoms with Gasteiger partial charge in [-0.3, -0.25) is 10.1 Å². The van der Waals surface area contributed by atoms with Crippen LogP contribution in [0.15, 0.2) is 23.7 Å². The summed E-state index contributed by atoms with van der Waals surface area (Å²) in [6.45, 7) is 2.87. The maximum absolute atomic E-state index is 12.1. The molecule has 1 aliphatic carbocycles. The van der Waals surface area contributed by atoms with E-state index in [4.69, 9.17) is 14.2 Å². The Kier molecular flexibility index (Phi) is 5.43. The van der Waals surface area contributed by atoms with Crippen molar-refractivity contribution in [2.45, 2.75) is 12.5 Å². The molecule has 1 aliphatic heterocycles. The third-order valence-electron chi connectivity index (χ3n) is 3.54. The summed E-state index contributed by atoms with van der Waals surface area (Å²) >= 11 is 0. The Balaban J connectivity index is 1.84. The van der Waals surface area contributed by atoms with Crippen LogP contribution >= 0.6 is 0 Å². The van der Waals surface area contributed by atoms with Crippen LogP contribution in [0, 0.1) is 0 Å². The van der Waals surface area contributed by atoms with E-state index in [0.717, 1.165) is 11.5 Å². The summed E-state index contributed by atoms with van der Waals surface area (Å²) in [6, 6.07) is -0.0232. The monoisotopic (exact) mass is 282 g/mol. The lowest BCUT2D eigenvalue weighted by atomic mass is 10.0. The SMILES string of the molecule is COC1=CC=C(OC)C(NCC(=O)N2CCOCC2)C1. The molecule has 20 heavy (non-hydrogen) atoms. The fourth-order valence-electron chi connectivity index (χ4n) is 2.33. The molecule has 1 N–H and O–H groups in total. The maximum Gasteiger partial charge on any atom is 0.236 e. The van der Waals surface area contributed by atoms with Crippen LogP contribution in [-0.4, -0.2) is 63.9 Å². The zero-order valence-corrected chi connectivity index (χ0v) is 12.1. The van der Waals surface area contributed by atoms with E-state index >= 15 is 0 Å². The van der Waals surface area contributed by atoms with E-state index in [0.29, 0.717) is 39.3 Å². The van der Waals surface area contributed by atoms with Crippen molar-refractivity contribution in [2.75, 3.05) is 47.1 Å². The molecule has 112 valence electrons. The van der Waals surface area contributed by atoms with Crippen LogP contribution in [0.4, 0.5) is 0 Å². The number of amides is 1. The summed E-state index contributed by atoms with van der Waals surface area (Å²) in [5, 5.41) is 3.24. The molecular weight excluding hydrogens is 260 g/mol. The van der Waals surface area contributed by atoms with Gasteiger partial charge in [-0.05, 0) is 12.2 Å². The molecule has 1 amide bonds. The second kappa shape index (κ2) is 7.31. The number of hydrogen-bond donors (Lipinski definition) is 1. The van der Waals surface area contributed by atoms with Gasteiger partial charge in [-0.15, -0.1) is 0 Å². The zero-order chi connectivity index (χ0) is 14.4. The Labute approximate surface area is 119 Å². The average Bonchev–Trinajstić information content (AvgIpc) is 2.53.